The van der Waals surface area contributed by atoms with Crippen molar-refractivity contribution in [2.24, 2.45) is 5.73 Å². The summed E-state index contributed by atoms with van der Waals surface area (Å²) >= 11 is 0. The lowest BCUT2D eigenvalue weighted by Gasteiger charge is -2.38. The van der Waals surface area contributed by atoms with E-state index in [0.29, 0.717) is 22.9 Å². The summed E-state index contributed by atoms with van der Waals surface area (Å²) < 4.78 is 0. The molecular weight excluding hydrogens is 464 g/mol. The Bertz CT molecular complexity index is 1320. The third-order valence-electron chi connectivity index (χ3n) is 7.45. The van der Waals surface area contributed by atoms with Crippen LogP contribution in [-0.2, 0) is 6.54 Å². The van der Waals surface area contributed by atoms with Gasteiger partial charge in [0.2, 0.25) is 0 Å². The number of anilines is 1. The van der Waals surface area contributed by atoms with Crippen LogP contribution >= 0.6 is 0 Å². The lowest BCUT2D eigenvalue weighted by Crippen LogP contribution is -2.41. The number of nitrogens with zero attached hydrogens (tertiary/aromatic N) is 3. The summed E-state index contributed by atoms with van der Waals surface area (Å²) in [6, 6.07) is 6.55. The number of nitrogens with two attached hydrogens (primary N) is 1. The van der Waals surface area contributed by atoms with Gasteiger partial charge in [-0.3, -0.25) is 19.6 Å². The summed E-state index contributed by atoms with van der Waals surface area (Å²) in [4.78, 5) is 40.3. The molecule has 2 aromatic heterocycles. The Morgan fingerprint density at radius 1 is 1.08 bits per heavy atom. The number of carbonyl (C=O) groups is 1. The minimum atomic E-state index is -0.221. The van der Waals surface area contributed by atoms with Gasteiger partial charge in [-0.15, -0.1) is 0 Å². The largest absolute Gasteiger partial charge is 0.369 e. The SMILES string of the molecule is CCN(c1cc(-c2cnc(C)cn2)cc(C(=O)NCc2c(C)cc(C)[nH]c2=O)c1C)[C@H]1CC[C@H](N)CC1. The summed E-state index contributed by atoms with van der Waals surface area (Å²) in [5.41, 5.74) is 13.1. The molecular formula is C29H38N6O2. The standard InChI is InChI=1S/C29H38N6O2/c1-6-35(23-9-7-22(30)8-10-23)27-13-21(26-16-31-19(4)14-32-26)12-24(20(27)5)28(36)33-15-25-17(2)11-18(3)34-29(25)37/h11-14,16,22-23H,6-10,15,30H2,1-5H3,(H,33,36)(H,34,37)/t22-,23-. The van der Waals surface area contributed by atoms with Crippen molar-refractivity contribution in [1.82, 2.24) is 20.3 Å². The monoisotopic (exact) mass is 502 g/mol. The van der Waals surface area contributed by atoms with Crippen LogP contribution in [0.15, 0.2) is 35.4 Å². The van der Waals surface area contributed by atoms with Gasteiger partial charge < -0.3 is 20.9 Å². The first-order chi connectivity index (χ1) is 17.7. The Morgan fingerprint density at radius 2 is 1.81 bits per heavy atom. The van der Waals surface area contributed by atoms with Crippen LogP contribution in [0.4, 0.5) is 5.69 Å². The molecule has 1 aliphatic carbocycles. The van der Waals surface area contributed by atoms with Gasteiger partial charge in [-0.25, -0.2) is 0 Å². The van der Waals surface area contributed by atoms with Crippen molar-refractivity contribution in [2.75, 3.05) is 11.4 Å². The molecule has 0 aliphatic heterocycles. The topological polar surface area (TPSA) is 117 Å². The molecule has 1 aromatic carbocycles. The van der Waals surface area contributed by atoms with Gasteiger partial charge in [-0.05, 0) is 89.6 Å². The fourth-order valence-electron chi connectivity index (χ4n) is 5.33. The third-order valence-corrected chi connectivity index (χ3v) is 7.45. The number of aryl methyl sites for hydroxylation is 3. The van der Waals surface area contributed by atoms with Crippen molar-refractivity contribution in [3.05, 3.63) is 74.6 Å². The van der Waals surface area contributed by atoms with E-state index in [2.05, 4.69) is 38.2 Å². The number of hydrogen-bond acceptors (Lipinski definition) is 6. The normalized spacial score (nSPS) is 17.5. The number of aromatic nitrogens is 3. The molecule has 1 amide bonds. The Hall–Kier alpha value is -3.52. The van der Waals surface area contributed by atoms with E-state index in [-0.39, 0.29) is 24.1 Å². The fourth-order valence-corrected chi connectivity index (χ4v) is 5.33. The Morgan fingerprint density at radius 3 is 2.43 bits per heavy atom. The highest BCUT2D eigenvalue weighted by atomic mass is 16.1. The molecule has 1 saturated carbocycles. The van der Waals surface area contributed by atoms with Crippen LogP contribution in [0.3, 0.4) is 0 Å². The number of amides is 1. The maximum Gasteiger partial charge on any atom is 0.253 e. The zero-order chi connectivity index (χ0) is 26.7. The minimum Gasteiger partial charge on any atom is -0.369 e. The zero-order valence-corrected chi connectivity index (χ0v) is 22.5. The first-order valence-electron chi connectivity index (χ1n) is 13.1. The second-order valence-corrected chi connectivity index (χ2v) is 10.2. The van der Waals surface area contributed by atoms with Crippen LogP contribution in [-0.4, -0.2) is 39.5 Å². The molecule has 0 saturated heterocycles. The van der Waals surface area contributed by atoms with Gasteiger partial charge in [0.05, 0.1) is 17.6 Å². The van der Waals surface area contributed by atoms with E-state index >= 15 is 0 Å². The van der Waals surface area contributed by atoms with Crippen molar-refractivity contribution in [3.8, 4) is 11.3 Å². The molecule has 4 N–H and O–H groups in total. The molecule has 2 heterocycles. The van der Waals surface area contributed by atoms with E-state index in [9.17, 15) is 9.59 Å². The average Bonchev–Trinajstić information content (AvgIpc) is 2.86. The highest BCUT2D eigenvalue weighted by Gasteiger charge is 2.27. The molecule has 8 nitrogen and oxygen atoms in total. The van der Waals surface area contributed by atoms with Gasteiger partial charge in [0, 0.05) is 59.4 Å². The van der Waals surface area contributed by atoms with Gasteiger partial charge in [0.1, 0.15) is 0 Å². The molecule has 8 heteroatoms. The quantitative estimate of drug-likeness (QED) is 0.448. The van der Waals surface area contributed by atoms with Crippen molar-refractivity contribution in [3.63, 3.8) is 0 Å². The molecule has 1 fully saturated rings. The van der Waals surface area contributed by atoms with Crippen LogP contribution in [0.25, 0.3) is 11.3 Å². The molecule has 37 heavy (non-hydrogen) atoms. The Labute approximate surface area is 218 Å². The van der Waals surface area contributed by atoms with Gasteiger partial charge in [-0.2, -0.15) is 0 Å². The van der Waals surface area contributed by atoms with E-state index in [1.807, 2.05) is 39.8 Å². The Kier molecular flexibility index (Phi) is 8.07. The van der Waals surface area contributed by atoms with Crippen LogP contribution in [0.1, 0.15) is 71.0 Å². The summed E-state index contributed by atoms with van der Waals surface area (Å²) in [5, 5.41) is 2.98. The lowest BCUT2D eigenvalue weighted by molar-refractivity contribution is 0.0950. The molecule has 0 unspecified atom stereocenters. The average molecular weight is 503 g/mol. The predicted octanol–water partition coefficient (Wildman–Crippen LogP) is 4.09. The first-order valence-corrected chi connectivity index (χ1v) is 13.1. The molecule has 196 valence electrons. The van der Waals surface area contributed by atoms with Crippen molar-refractivity contribution >= 4 is 11.6 Å². The van der Waals surface area contributed by atoms with Gasteiger partial charge >= 0.3 is 0 Å². The number of carbonyl (C=O) groups excluding carboxylic acids is 1. The Balaban J connectivity index is 1.72. The highest BCUT2D eigenvalue weighted by Crippen LogP contribution is 2.34. The van der Waals surface area contributed by atoms with Gasteiger partial charge in [0.25, 0.3) is 11.5 Å². The van der Waals surface area contributed by atoms with Crippen LogP contribution < -0.4 is 21.5 Å². The number of rotatable bonds is 7. The van der Waals surface area contributed by atoms with E-state index < -0.39 is 0 Å². The third kappa shape index (κ3) is 5.91. The lowest BCUT2D eigenvalue weighted by atomic mass is 9.89. The maximum absolute atomic E-state index is 13.6. The molecule has 0 bridgehead atoms. The molecule has 0 spiro atoms. The van der Waals surface area contributed by atoms with E-state index in [4.69, 9.17) is 5.73 Å². The second-order valence-electron chi connectivity index (χ2n) is 10.2. The fraction of sp³-hybridized carbons (Fsp3) is 0.448. The molecule has 1 aliphatic rings. The first kappa shape index (κ1) is 26.5. The number of aromatic amines is 1. The molecule has 0 atom stereocenters. The molecule has 0 radical (unpaired) electrons. The minimum absolute atomic E-state index is 0.154. The summed E-state index contributed by atoms with van der Waals surface area (Å²) in [6.45, 7) is 10.8. The predicted molar refractivity (Wildman–Crippen MR) is 148 cm³/mol. The van der Waals surface area contributed by atoms with E-state index in [0.717, 1.165) is 66.0 Å². The van der Waals surface area contributed by atoms with Crippen molar-refractivity contribution < 1.29 is 4.79 Å². The smallest absolute Gasteiger partial charge is 0.253 e. The summed E-state index contributed by atoms with van der Waals surface area (Å²) in [5.74, 6) is -0.221. The zero-order valence-electron chi connectivity index (χ0n) is 22.5. The van der Waals surface area contributed by atoms with Crippen LogP contribution in [0.5, 0.6) is 0 Å². The van der Waals surface area contributed by atoms with E-state index in [1.165, 1.54) is 0 Å². The summed E-state index contributed by atoms with van der Waals surface area (Å²) in [7, 11) is 0. The van der Waals surface area contributed by atoms with Crippen molar-refractivity contribution in [2.45, 2.75) is 78.9 Å². The number of benzene rings is 1. The van der Waals surface area contributed by atoms with Gasteiger partial charge in [-0.1, -0.05) is 0 Å². The van der Waals surface area contributed by atoms with E-state index in [1.54, 1.807) is 12.4 Å². The number of H-pyrrole nitrogens is 1. The van der Waals surface area contributed by atoms with Crippen LogP contribution in [0, 0.1) is 27.7 Å². The van der Waals surface area contributed by atoms with Crippen LogP contribution in [0.2, 0.25) is 0 Å². The van der Waals surface area contributed by atoms with Crippen molar-refractivity contribution in [1.29, 1.82) is 0 Å². The molecule has 3 aromatic rings. The summed E-state index contributed by atoms with van der Waals surface area (Å²) in [6.07, 6.45) is 7.54. The number of hydrogen-bond donors (Lipinski definition) is 3. The highest BCUT2D eigenvalue weighted by molar-refractivity contribution is 5.98. The maximum atomic E-state index is 13.6. The second kappa shape index (κ2) is 11.3. The molecule has 4 rings (SSSR count). The number of pyridine rings is 1. The number of nitrogens with one attached hydrogen (secondary N) is 2. The van der Waals surface area contributed by atoms with Gasteiger partial charge in [0.15, 0.2) is 0 Å².